The van der Waals surface area contributed by atoms with Crippen LogP contribution in [-0.4, -0.2) is 43.4 Å². The Labute approximate surface area is 149 Å². The van der Waals surface area contributed by atoms with Gasteiger partial charge in [-0.25, -0.2) is 0 Å². The van der Waals surface area contributed by atoms with Crippen LogP contribution < -0.4 is 10.6 Å². The van der Waals surface area contributed by atoms with Crippen LogP contribution in [0.5, 0.6) is 0 Å². The Hall–Kier alpha value is -1.75. The molecule has 0 heterocycles. The largest absolute Gasteiger partial charge is 0.356 e. The Morgan fingerprint density at radius 1 is 1.38 bits per heavy atom. The number of rotatable bonds is 6. The molecule has 132 valence electrons. The van der Waals surface area contributed by atoms with Gasteiger partial charge in [0, 0.05) is 44.7 Å². The zero-order valence-electron chi connectivity index (χ0n) is 14.5. The molecule has 0 aromatic heterocycles. The molecule has 1 aromatic carbocycles. The topological polar surface area (TPSA) is 56.7 Å². The molecule has 0 atom stereocenters. The van der Waals surface area contributed by atoms with Gasteiger partial charge in [-0.1, -0.05) is 36.6 Å². The second-order valence-corrected chi connectivity index (χ2v) is 6.70. The molecule has 0 bridgehead atoms. The molecule has 1 aromatic rings. The SMILES string of the molecule is CN=C(NCCC(=O)NC1CCCC1)N(C)Cc1cccc(Cl)c1. The molecule has 0 saturated heterocycles. The van der Waals surface area contributed by atoms with Gasteiger partial charge in [0.15, 0.2) is 5.96 Å². The molecule has 5 nitrogen and oxygen atoms in total. The second kappa shape index (κ2) is 9.52. The summed E-state index contributed by atoms with van der Waals surface area (Å²) in [5.74, 6) is 0.881. The van der Waals surface area contributed by atoms with Gasteiger partial charge in [0.05, 0.1) is 0 Å². The van der Waals surface area contributed by atoms with Crippen LogP contribution in [0.4, 0.5) is 0 Å². The molecule has 0 spiro atoms. The van der Waals surface area contributed by atoms with E-state index in [-0.39, 0.29) is 5.91 Å². The molecule has 0 aliphatic heterocycles. The van der Waals surface area contributed by atoms with E-state index >= 15 is 0 Å². The minimum absolute atomic E-state index is 0.113. The van der Waals surface area contributed by atoms with Gasteiger partial charge in [0.25, 0.3) is 0 Å². The Morgan fingerprint density at radius 3 is 2.79 bits per heavy atom. The minimum Gasteiger partial charge on any atom is -0.356 e. The van der Waals surface area contributed by atoms with Crippen LogP contribution in [0.3, 0.4) is 0 Å². The molecule has 1 aliphatic carbocycles. The van der Waals surface area contributed by atoms with Crippen molar-refractivity contribution in [2.24, 2.45) is 4.99 Å². The van der Waals surface area contributed by atoms with Crippen LogP contribution in [0, 0.1) is 0 Å². The molecule has 1 amide bonds. The summed E-state index contributed by atoms with van der Waals surface area (Å²) in [7, 11) is 3.71. The number of carbonyl (C=O) groups excluding carboxylic acids is 1. The lowest BCUT2D eigenvalue weighted by Gasteiger charge is -2.22. The molecular weight excluding hydrogens is 324 g/mol. The highest BCUT2D eigenvalue weighted by atomic mass is 35.5. The first-order valence-electron chi connectivity index (χ1n) is 8.54. The van der Waals surface area contributed by atoms with Gasteiger partial charge in [-0.05, 0) is 30.5 Å². The van der Waals surface area contributed by atoms with Gasteiger partial charge in [0.2, 0.25) is 5.91 Å². The predicted octanol–water partition coefficient (Wildman–Crippen LogP) is 2.80. The second-order valence-electron chi connectivity index (χ2n) is 6.26. The molecule has 24 heavy (non-hydrogen) atoms. The van der Waals surface area contributed by atoms with Crippen molar-refractivity contribution in [1.82, 2.24) is 15.5 Å². The standard InChI is InChI=1S/C18H27ClN4O/c1-20-18(23(2)13-14-6-5-7-15(19)12-14)21-11-10-17(24)22-16-8-3-4-9-16/h5-7,12,16H,3-4,8-11,13H2,1-2H3,(H,20,21)(H,22,24). The summed E-state index contributed by atoms with van der Waals surface area (Å²) in [5, 5.41) is 7.07. The quantitative estimate of drug-likeness (QED) is 0.612. The van der Waals surface area contributed by atoms with E-state index in [9.17, 15) is 4.79 Å². The van der Waals surface area contributed by atoms with Crippen LogP contribution in [0.1, 0.15) is 37.7 Å². The molecule has 2 N–H and O–H groups in total. The highest BCUT2D eigenvalue weighted by molar-refractivity contribution is 6.30. The number of hydrogen-bond donors (Lipinski definition) is 2. The summed E-state index contributed by atoms with van der Waals surface area (Å²) >= 11 is 6.02. The third-order valence-electron chi connectivity index (χ3n) is 4.24. The van der Waals surface area contributed by atoms with Gasteiger partial charge in [-0.3, -0.25) is 9.79 Å². The van der Waals surface area contributed by atoms with Gasteiger partial charge in [-0.15, -0.1) is 0 Å². The number of nitrogens with zero attached hydrogens (tertiary/aromatic N) is 2. The maximum atomic E-state index is 11.9. The van der Waals surface area contributed by atoms with E-state index in [0.717, 1.165) is 29.4 Å². The van der Waals surface area contributed by atoms with E-state index in [1.807, 2.05) is 36.2 Å². The third-order valence-corrected chi connectivity index (χ3v) is 4.47. The number of aliphatic imine (C=N–C) groups is 1. The Balaban J connectivity index is 1.73. The fourth-order valence-corrected chi connectivity index (χ4v) is 3.24. The number of guanidine groups is 1. The van der Waals surface area contributed by atoms with Crippen molar-refractivity contribution in [3.8, 4) is 0 Å². The van der Waals surface area contributed by atoms with Gasteiger partial charge in [-0.2, -0.15) is 0 Å². The lowest BCUT2D eigenvalue weighted by molar-refractivity contribution is -0.121. The maximum Gasteiger partial charge on any atom is 0.221 e. The first-order chi connectivity index (χ1) is 11.6. The molecular formula is C18H27ClN4O. The zero-order chi connectivity index (χ0) is 17.4. The Morgan fingerprint density at radius 2 is 2.12 bits per heavy atom. The summed E-state index contributed by atoms with van der Waals surface area (Å²) in [6.45, 7) is 1.28. The zero-order valence-corrected chi connectivity index (χ0v) is 15.3. The van der Waals surface area contributed by atoms with Crippen LogP contribution in [0.25, 0.3) is 0 Å². The van der Waals surface area contributed by atoms with Crippen molar-refractivity contribution >= 4 is 23.5 Å². The van der Waals surface area contributed by atoms with Crippen molar-refractivity contribution in [2.45, 2.75) is 44.7 Å². The first-order valence-corrected chi connectivity index (χ1v) is 8.92. The van der Waals surface area contributed by atoms with Crippen molar-refractivity contribution in [2.75, 3.05) is 20.6 Å². The average Bonchev–Trinajstić information content (AvgIpc) is 3.04. The Bertz CT molecular complexity index is 570. The van der Waals surface area contributed by atoms with E-state index in [1.54, 1.807) is 7.05 Å². The number of hydrogen-bond acceptors (Lipinski definition) is 2. The molecule has 6 heteroatoms. The molecule has 0 radical (unpaired) electrons. The first kappa shape index (κ1) is 18.6. The third kappa shape index (κ3) is 6.04. The number of nitrogens with one attached hydrogen (secondary N) is 2. The molecule has 1 fully saturated rings. The normalized spacial score (nSPS) is 15.4. The molecule has 1 saturated carbocycles. The van der Waals surface area contributed by atoms with Crippen LogP contribution >= 0.6 is 11.6 Å². The summed E-state index contributed by atoms with van der Waals surface area (Å²) in [6.07, 6.45) is 5.14. The van der Waals surface area contributed by atoms with Crippen LogP contribution in [0.2, 0.25) is 5.02 Å². The van der Waals surface area contributed by atoms with Crippen LogP contribution in [-0.2, 0) is 11.3 Å². The van der Waals surface area contributed by atoms with E-state index in [0.29, 0.717) is 25.6 Å². The monoisotopic (exact) mass is 350 g/mol. The predicted molar refractivity (Wildman–Crippen MR) is 99.3 cm³/mol. The summed E-state index contributed by atoms with van der Waals surface area (Å²) < 4.78 is 0. The van der Waals surface area contributed by atoms with Crippen molar-refractivity contribution in [1.29, 1.82) is 0 Å². The van der Waals surface area contributed by atoms with E-state index < -0.39 is 0 Å². The minimum atomic E-state index is 0.113. The summed E-state index contributed by atoms with van der Waals surface area (Å²) in [5.41, 5.74) is 1.12. The number of carbonyl (C=O) groups is 1. The smallest absolute Gasteiger partial charge is 0.221 e. The lowest BCUT2D eigenvalue weighted by Crippen LogP contribution is -2.41. The van der Waals surface area contributed by atoms with Gasteiger partial charge >= 0.3 is 0 Å². The number of benzene rings is 1. The van der Waals surface area contributed by atoms with Crippen molar-refractivity contribution < 1.29 is 4.79 Å². The maximum absolute atomic E-state index is 11.9. The highest BCUT2D eigenvalue weighted by Crippen LogP contribution is 2.17. The van der Waals surface area contributed by atoms with E-state index in [2.05, 4.69) is 15.6 Å². The Kier molecular flexibility index (Phi) is 7.37. The molecule has 0 unspecified atom stereocenters. The van der Waals surface area contributed by atoms with E-state index in [4.69, 9.17) is 11.6 Å². The molecule has 1 aliphatic rings. The molecule has 2 rings (SSSR count). The average molecular weight is 351 g/mol. The number of halogens is 1. The number of amides is 1. The fraction of sp³-hybridized carbons (Fsp3) is 0.556. The van der Waals surface area contributed by atoms with Gasteiger partial charge < -0.3 is 15.5 Å². The summed E-state index contributed by atoms with van der Waals surface area (Å²) in [6, 6.07) is 8.16. The van der Waals surface area contributed by atoms with Gasteiger partial charge in [0.1, 0.15) is 0 Å². The highest BCUT2D eigenvalue weighted by Gasteiger charge is 2.16. The lowest BCUT2D eigenvalue weighted by atomic mass is 10.2. The summed E-state index contributed by atoms with van der Waals surface area (Å²) in [4.78, 5) is 18.2. The van der Waals surface area contributed by atoms with Crippen molar-refractivity contribution in [3.05, 3.63) is 34.9 Å². The van der Waals surface area contributed by atoms with Crippen molar-refractivity contribution in [3.63, 3.8) is 0 Å². The van der Waals surface area contributed by atoms with E-state index in [1.165, 1.54) is 12.8 Å². The fourth-order valence-electron chi connectivity index (χ4n) is 3.03. The van der Waals surface area contributed by atoms with Crippen LogP contribution in [0.15, 0.2) is 29.3 Å².